The minimum absolute atomic E-state index is 0.0522. The van der Waals surface area contributed by atoms with Crippen LogP contribution in [0.25, 0.3) is 0 Å². The van der Waals surface area contributed by atoms with Gasteiger partial charge >= 0.3 is 12.1 Å². The number of hydrogen-bond donors (Lipinski definition) is 0. The second kappa shape index (κ2) is 11.7. The second-order valence-corrected chi connectivity index (χ2v) is 8.53. The molecule has 0 saturated heterocycles. The van der Waals surface area contributed by atoms with Crippen LogP contribution in [0.2, 0.25) is 0 Å². The molecule has 1 aromatic carbocycles. The molecule has 3 atom stereocenters. The average Bonchev–Trinajstić information content (AvgIpc) is 3.33. The minimum Gasteiger partial charge on any atom is -0.469 e. The summed E-state index contributed by atoms with van der Waals surface area (Å²) in [6.45, 7) is 10.0. The summed E-state index contributed by atoms with van der Waals surface area (Å²) in [7, 11) is 1.32. The number of amides is 2. The highest BCUT2D eigenvalue weighted by molar-refractivity contribution is 5.91. The van der Waals surface area contributed by atoms with Gasteiger partial charge in [-0.15, -0.1) is 0 Å². The number of anilines is 1. The highest BCUT2D eigenvalue weighted by atomic mass is 16.6. The number of carbonyl (C=O) groups is 3. The van der Waals surface area contributed by atoms with Gasteiger partial charge in [0.15, 0.2) is 0 Å². The van der Waals surface area contributed by atoms with Crippen molar-refractivity contribution in [3.8, 4) is 0 Å². The third-order valence-electron chi connectivity index (χ3n) is 6.70. The van der Waals surface area contributed by atoms with E-state index in [0.29, 0.717) is 6.54 Å². The largest absolute Gasteiger partial charge is 0.469 e. The van der Waals surface area contributed by atoms with Crippen LogP contribution in [-0.4, -0.2) is 49.2 Å². The van der Waals surface area contributed by atoms with Gasteiger partial charge in [-0.05, 0) is 37.0 Å². The van der Waals surface area contributed by atoms with E-state index in [4.69, 9.17) is 9.47 Å². The number of allylic oxidation sites excluding steroid dienone is 2. The van der Waals surface area contributed by atoms with Crippen LogP contribution in [0.1, 0.15) is 50.6 Å². The highest BCUT2D eigenvalue weighted by Gasteiger charge is 2.48. The quantitative estimate of drug-likeness (QED) is 0.380. The predicted octanol–water partition coefficient (Wildman–Crippen LogP) is 4.95. The van der Waals surface area contributed by atoms with Gasteiger partial charge in [0, 0.05) is 24.9 Å². The lowest BCUT2D eigenvalue weighted by Gasteiger charge is -2.47. The van der Waals surface area contributed by atoms with Crippen LogP contribution in [0, 0.1) is 5.92 Å². The van der Waals surface area contributed by atoms with E-state index in [9.17, 15) is 14.4 Å². The summed E-state index contributed by atoms with van der Waals surface area (Å²) < 4.78 is 10.4. The van der Waals surface area contributed by atoms with Crippen LogP contribution < -0.4 is 4.90 Å². The fourth-order valence-corrected chi connectivity index (χ4v) is 5.18. The van der Waals surface area contributed by atoms with Gasteiger partial charge in [0.1, 0.15) is 6.61 Å². The number of fused-ring (bicyclic) bond motifs is 2. The summed E-state index contributed by atoms with van der Waals surface area (Å²) >= 11 is 0. The Morgan fingerprint density at radius 1 is 1.18 bits per heavy atom. The molecule has 1 fully saturated rings. The summed E-state index contributed by atoms with van der Waals surface area (Å²) in [5.41, 5.74) is 2.47. The standard InChI is InChI=1S/C27H34N2O5/c1-5-11-19(6-2)18-34-27(32)29-22-14-9-8-12-20(22)26(21-13-10-15-23(21)29)28(7-3)24(30)16-17-25(31)33-4/h5-6,8-9,11-12,14,21,23,26H,1-2,7,10,13,15-18H2,3-4H3/b19-11+. The number of methoxy groups -OCH3 is 1. The monoisotopic (exact) mass is 466 g/mol. The molecule has 0 spiro atoms. The van der Waals surface area contributed by atoms with E-state index in [1.54, 1.807) is 23.1 Å². The van der Waals surface area contributed by atoms with Gasteiger partial charge in [-0.1, -0.05) is 56.0 Å². The van der Waals surface area contributed by atoms with Gasteiger partial charge < -0.3 is 14.4 Å². The molecule has 0 aromatic heterocycles. The normalized spacial score (nSPS) is 21.2. The smallest absolute Gasteiger partial charge is 0.414 e. The predicted molar refractivity (Wildman–Crippen MR) is 131 cm³/mol. The maximum atomic E-state index is 13.3. The lowest BCUT2D eigenvalue weighted by molar-refractivity contribution is -0.144. The van der Waals surface area contributed by atoms with E-state index in [1.165, 1.54) is 7.11 Å². The zero-order valence-corrected chi connectivity index (χ0v) is 20.1. The first-order valence-corrected chi connectivity index (χ1v) is 11.8. The number of para-hydroxylation sites is 1. The highest BCUT2D eigenvalue weighted by Crippen LogP contribution is 2.50. The fourth-order valence-electron chi connectivity index (χ4n) is 5.18. The first-order chi connectivity index (χ1) is 16.5. The Bertz CT molecular complexity index is 970. The van der Waals surface area contributed by atoms with Crippen LogP contribution in [0.15, 0.2) is 61.2 Å². The van der Waals surface area contributed by atoms with Gasteiger partial charge in [0.2, 0.25) is 5.91 Å². The van der Waals surface area contributed by atoms with E-state index in [-0.39, 0.29) is 43.4 Å². The second-order valence-electron chi connectivity index (χ2n) is 8.53. The van der Waals surface area contributed by atoms with E-state index < -0.39 is 12.1 Å². The van der Waals surface area contributed by atoms with Crippen molar-refractivity contribution >= 4 is 23.7 Å². The third kappa shape index (κ3) is 5.24. The number of esters is 1. The Balaban J connectivity index is 1.92. The summed E-state index contributed by atoms with van der Waals surface area (Å²) in [6, 6.07) is 7.50. The molecular formula is C27H34N2O5. The molecule has 3 rings (SSSR count). The molecule has 1 saturated carbocycles. The molecule has 1 aromatic rings. The van der Waals surface area contributed by atoms with Crippen LogP contribution in [-0.2, 0) is 19.1 Å². The van der Waals surface area contributed by atoms with Crippen molar-refractivity contribution in [2.24, 2.45) is 5.92 Å². The lowest BCUT2D eigenvalue weighted by atomic mass is 9.81. The van der Waals surface area contributed by atoms with Gasteiger partial charge in [0.05, 0.1) is 25.3 Å². The molecule has 34 heavy (non-hydrogen) atoms. The molecule has 7 nitrogen and oxygen atoms in total. The molecule has 0 bridgehead atoms. The number of carbonyl (C=O) groups excluding carboxylic acids is 3. The average molecular weight is 467 g/mol. The number of ether oxygens (including phenoxy) is 2. The van der Waals surface area contributed by atoms with Crippen molar-refractivity contribution in [1.29, 1.82) is 0 Å². The van der Waals surface area contributed by atoms with Crippen molar-refractivity contribution in [2.45, 2.75) is 51.1 Å². The molecule has 182 valence electrons. The van der Waals surface area contributed by atoms with Crippen LogP contribution >= 0.6 is 0 Å². The van der Waals surface area contributed by atoms with Crippen LogP contribution in [0.5, 0.6) is 0 Å². The van der Waals surface area contributed by atoms with E-state index >= 15 is 0 Å². The van der Waals surface area contributed by atoms with Gasteiger partial charge in [-0.25, -0.2) is 4.79 Å². The van der Waals surface area contributed by atoms with Gasteiger partial charge in [0.25, 0.3) is 0 Å². The first kappa shape index (κ1) is 25.3. The summed E-state index contributed by atoms with van der Waals surface area (Å²) in [5, 5.41) is 0. The van der Waals surface area contributed by atoms with Crippen LogP contribution in [0.3, 0.4) is 0 Å². The van der Waals surface area contributed by atoms with E-state index in [1.807, 2.05) is 36.1 Å². The Morgan fingerprint density at radius 2 is 1.94 bits per heavy atom. The first-order valence-electron chi connectivity index (χ1n) is 11.8. The summed E-state index contributed by atoms with van der Waals surface area (Å²) in [5.74, 6) is -0.392. The van der Waals surface area contributed by atoms with E-state index in [0.717, 1.165) is 36.1 Å². The Kier molecular flexibility index (Phi) is 8.68. The maximum absolute atomic E-state index is 13.3. The Hall–Kier alpha value is -3.35. The molecule has 0 radical (unpaired) electrons. The molecule has 1 heterocycles. The molecule has 3 unspecified atom stereocenters. The number of hydrogen-bond acceptors (Lipinski definition) is 5. The number of nitrogens with zero attached hydrogens (tertiary/aromatic N) is 2. The molecule has 1 aliphatic heterocycles. The fraction of sp³-hybridized carbons (Fsp3) is 0.444. The third-order valence-corrected chi connectivity index (χ3v) is 6.70. The molecular weight excluding hydrogens is 432 g/mol. The molecule has 2 aliphatic rings. The van der Waals surface area contributed by atoms with Crippen molar-refractivity contribution in [3.05, 3.63) is 66.8 Å². The molecule has 1 aliphatic carbocycles. The van der Waals surface area contributed by atoms with Crippen molar-refractivity contribution in [2.75, 3.05) is 25.2 Å². The Labute approximate surface area is 201 Å². The molecule has 0 N–H and O–H groups in total. The minimum atomic E-state index is -0.403. The molecule has 7 heteroatoms. The SMILES string of the molecule is C=C/C=C(\C=C)COC(=O)N1c2ccccc2C(N(CC)C(=O)CCC(=O)OC)C2CCCC21. The van der Waals surface area contributed by atoms with E-state index in [2.05, 4.69) is 13.2 Å². The van der Waals surface area contributed by atoms with Gasteiger partial charge in [-0.3, -0.25) is 14.5 Å². The summed E-state index contributed by atoms with van der Waals surface area (Å²) in [6.07, 6.45) is 7.50. The Morgan fingerprint density at radius 3 is 2.62 bits per heavy atom. The zero-order chi connectivity index (χ0) is 24.7. The van der Waals surface area contributed by atoms with Gasteiger partial charge in [-0.2, -0.15) is 0 Å². The maximum Gasteiger partial charge on any atom is 0.414 e. The number of rotatable bonds is 9. The van der Waals surface area contributed by atoms with Crippen molar-refractivity contribution in [3.63, 3.8) is 0 Å². The zero-order valence-electron chi connectivity index (χ0n) is 20.1. The van der Waals surface area contributed by atoms with Crippen LogP contribution in [0.4, 0.5) is 10.5 Å². The topological polar surface area (TPSA) is 76.2 Å². The number of benzene rings is 1. The molecule has 2 amide bonds. The van der Waals surface area contributed by atoms with Crippen molar-refractivity contribution < 1.29 is 23.9 Å². The van der Waals surface area contributed by atoms with Crippen molar-refractivity contribution in [1.82, 2.24) is 4.90 Å². The summed E-state index contributed by atoms with van der Waals surface area (Å²) in [4.78, 5) is 41.7. The lowest BCUT2D eigenvalue weighted by Crippen LogP contribution is -2.52.